The van der Waals surface area contributed by atoms with Gasteiger partial charge in [0.15, 0.2) is 5.17 Å². The van der Waals surface area contributed by atoms with Crippen molar-refractivity contribution in [3.63, 3.8) is 0 Å². The minimum Gasteiger partial charge on any atom is -0.497 e. The van der Waals surface area contributed by atoms with Crippen molar-refractivity contribution in [2.45, 2.75) is 11.3 Å². The van der Waals surface area contributed by atoms with Crippen LogP contribution in [0.4, 0.5) is 11.4 Å². The number of rotatable bonds is 7. The van der Waals surface area contributed by atoms with Crippen LogP contribution < -0.4 is 14.4 Å². The molecule has 0 aromatic heterocycles. The minimum absolute atomic E-state index is 0.0298. The highest BCUT2D eigenvalue weighted by molar-refractivity contribution is 8.19. The Labute approximate surface area is 242 Å². The lowest BCUT2D eigenvalue weighted by molar-refractivity contribution is -0.122. The molecule has 1 fully saturated rings. The zero-order valence-corrected chi connectivity index (χ0v) is 23.7. The van der Waals surface area contributed by atoms with Crippen LogP contribution in [-0.4, -0.2) is 36.7 Å². The van der Waals surface area contributed by atoms with E-state index in [1.54, 1.807) is 23.8 Å². The summed E-state index contributed by atoms with van der Waals surface area (Å²) < 4.78 is 11.4. The van der Waals surface area contributed by atoms with E-state index in [-0.39, 0.29) is 5.91 Å². The maximum Gasteiger partial charge on any atom is 0.269 e. The Kier molecular flexibility index (Phi) is 7.53. The Morgan fingerprint density at radius 1 is 0.800 bits per heavy atom. The Bertz CT molecular complexity index is 1590. The van der Waals surface area contributed by atoms with E-state index >= 15 is 0 Å². The molecule has 6 nitrogen and oxygen atoms in total. The first-order chi connectivity index (χ1) is 19.6. The van der Waals surface area contributed by atoms with Crippen LogP contribution in [0.2, 0.25) is 0 Å². The minimum atomic E-state index is -0.0298. The third-order valence-corrected chi connectivity index (χ3v) is 9.04. The molecule has 2 heterocycles. The van der Waals surface area contributed by atoms with Crippen molar-refractivity contribution >= 4 is 46.0 Å². The van der Waals surface area contributed by atoms with Gasteiger partial charge in [0.25, 0.3) is 5.91 Å². The van der Waals surface area contributed by atoms with Gasteiger partial charge < -0.3 is 14.4 Å². The molecule has 0 saturated carbocycles. The number of thioether (sulfide) groups is 2. The summed E-state index contributed by atoms with van der Waals surface area (Å²) in [5.41, 5.74) is 2.96. The van der Waals surface area contributed by atoms with Crippen LogP contribution in [0.15, 0.2) is 123 Å². The molecule has 0 bridgehead atoms. The first-order valence-corrected chi connectivity index (χ1v) is 14.5. The molecule has 1 amide bonds. The van der Waals surface area contributed by atoms with E-state index in [0.717, 1.165) is 45.0 Å². The SMILES string of the molecule is COc1ccc2c(c1)N(C)C(=C1SC(=Nc3ccc(Oc4ccccc4)cc3)N(CCc3ccccc3)C1=O)S2. The maximum absolute atomic E-state index is 13.9. The van der Waals surface area contributed by atoms with Gasteiger partial charge in [-0.05, 0) is 72.3 Å². The molecule has 2 aliphatic rings. The number of amides is 1. The van der Waals surface area contributed by atoms with Gasteiger partial charge in [0, 0.05) is 24.6 Å². The normalized spacial score (nSPS) is 17.4. The van der Waals surface area contributed by atoms with Crippen molar-refractivity contribution in [3.8, 4) is 17.2 Å². The van der Waals surface area contributed by atoms with Crippen LogP contribution in [0.3, 0.4) is 0 Å². The monoisotopic (exact) mass is 565 g/mol. The lowest BCUT2D eigenvalue weighted by atomic mass is 10.1. The fourth-order valence-electron chi connectivity index (χ4n) is 4.48. The van der Waals surface area contributed by atoms with E-state index in [4.69, 9.17) is 14.5 Å². The number of nitrogens with zero attached hydrogens (tertiary/aromatic N) is 3. The molecule has 6 rings (SSSR count). The summed E-state index contributed by atoms with van der Waals surface area (Å²) in [5.74, 6) is 2.26. The average molecular weight is 566 g/mol. The molecular formula is C32H27N3O3S2. The highest BCUT2D eigenvalue weighted by Crippen LogP contribution is 2.51. The topological polar surface area (TPSA) is 54.4 Å². The molecule has 0 unspecified atom stereocenters. The molecule has 200 valence electrons. The predicted octanol–water partition coefficient (Wildman–Crippen LogP) is 7.70. The van der Waals surface area contributed by atoms with E-state index in [9.17, 15) is 4.79 Å². The molecule has 4 aromatic carbocycles. The number of benzene rings is 4. The zero-order chi connectivity index (χ0) is 27.5. The van der Waals surface area contributed by atoms with Gasteiger partial charge in [0.2, 0.25) is 0 Å². The van der Waals surface area contributed by atoms with Crippen molar-refractivity contribution in [2.75, 3.05) is 25.6 Å². The summed E-state index contributed by atoms with van der Waals surface area (Å²) in [5, 5.41) is 1.57. The second kappa shape index (κ2) is 11.5. The number of ether oxygens (including phenoxy) is 2. The summed E-state index contributed by atoms with van der Waals surface area (Å²) in [6, 6.07) is 33.5. The molecule has 0 N–H and O–H groups in total. The molecule has 0 radical (unpaired) electrons. The molecule has 2 aliphatic heterocycles. The average Bonchev–Trinajstić information content (AvgIpc) is 3.48. The van der Waals surface area contributed by atoms with Gasteiger partial charge in [-0.2, -0.15) is 0 Å². The smallest absolute Gasteiger partial charge is 0.269 e. The Hall–Kier alpha value is -4.14. The van der Waals surface area contributed by atoms with Crippen molar-refractivity contribution < 1.29 is 14.3 Å². The number of methoxy groups -OCH3 is 1. The molecule has 0 aliphatic carbocycles. The maximum atomic E-state index is 13.9. The van der Waals surface area contributed by atoms with Crippen molar-refractivity contribution in [3.05, 3.63) is 119 Å². The van der Waals surface area contributed by atoms with Gasteiger partial charge in [-0.1, -0.05) is 60.3 Å². The van der Waals surface area contributed by atoms with Crippen LogP contribution in [0.5, 0.6) is 17.2 Å². The van der Waals surface area contributed by atoms with E-state index in [2.05, 4.69) is 17.0 Å². The summed E-state index contributed by atoms with van der Waals surface area (Å²) in [4.78, 5) is 24.4. The van der Waals surface area contributed by atoms with Gasteiger partial charge in [0.05, 0.1) is 23.5 Å². The largest absolute Gasteiger partial charge is 0.497 e. The van der Waals surface area contributed by atoms with Crippen LogP contribution >= 0.6 is 23.5 Å². The lowest BCUT2D eigenvalue weighted by Gasteiger charge is -2.17. The summed E-state index contributed by atoms with van der Waals surface area (Å²) >= 11 is 3.03. The Balaban J connectivity index is 1.29. The first-order valence-electron chi connectivity index (χ1n) is 12.9. The van der Waals surface area contributed by atoms with Gasteiger partial charge in [-0.25, -0.2) is 4.99 Å². The van der Waals surface area contributed by atoms with Crippen LogP contribution in [0.1, 0.15) is 5.56 Å². The summed E-state index contributed by atoms with van der Waals surface area (Å²) in [6.45, 7) is 0.538. The molecular weight excluding hydrogens is 539 g/mol. The molecule has 1 saturated heterocycles. The van der Waals surface area contributed by atoms with Gasteiger partial charge in [-0.3, -0.25) is 9.69 Å². The summed E-state index contributed by atoms with van der Waals surface area (Å²) in [7, 11) is 3.65. The number of carbonyl (C=O) groups is 1. The standard InChI is InChI=1S/C32H27N3O3S2/c1-34-27-21-26(37-2)17-18-28(27)39-31(34)29-30(36)35(20-19-22-9-5-3-6-10-22)32(40-29)33-23-13-15-25(16-14-23)38-24-11-7-4-8-12-24/h3-18,21H,19-20H2,1-2H3. The first kappa shape index (κ1) is 26.1. The van der Waals surface area contributed by atoms with Crippen molar-refractivity contribution in [2.24, 2.45) is 4.99 Å². The second-order valence-corrected chi connectivity index (χ2v) is 11.2. The van der Waals surface area contributed by atoms with E-state index < -0.39 is 0 Å². The van der Waals surface area contributed by atoms with E-state index in [1.807, 2.05) is 98.0 Å². The van der Waals surface area contributed by atoms with Gasteiger partial charge in [0.1, 0.15) is 22.2 Å². The van der Waals surface area contributed by atoms with E-state index in [0.29, 0.717) is 16.6 Å². The molecule has 40 heavy (non-hydrogen) atoms. The zero-order valence-electron chi connectivity index (χ0n) is 22.1. The fourth-order valence-corrected chi connectivity index (χ4v) is 6.83. The van der Waals surface area contributed by atoms with Crippen LogP contribution in [-0.2, 0) is 11.2 Å². The van der Waals surface area contributed by atoms with Crippen molar-refractivity contribution in [1.82, 2.24) is 4.90 Å². The molecule has 8 heteroatoms. The number of fused-ring (bicyclic) bond motifs is 1. The van der Waals surface area contributed by atoms with E-state index in [1.165, 1.54) is 17.3 Å². The lowest BCUT2D eigenvalue weighted by Crippen LogP contribution is -2.31. The number of hydrogen-bond donors (Lipinski definition) is 0. The van der Waals surface area contributed by atoms with Crippen LogP contribution in [0.25, 0.3) is 0 Å². The third-order valence-electron chi connectivity index (χ3n) is 6.60. The Morgan fingerprint density at radius 2 is 1.48 bits per heavy atom. The fraction of sp³-hybridized carbons (Fsp3) is 0.125. The number of carbonyl (C=O) groups excluding carboxylic acids is 1. The highest BCUT2D eigenvalue weighted by atomic mass is 32.2. The van der Waals surface area contributed by atoms with Gasteiger partial charge in [-0.15, -0.1) is 0 Å². The quantitative estimate of drug-likeness (QED) is 0.214. The Morgan fingerprint density at radius 3 is 2.20 bits per heavy atom. The number of amidine groups is 1. The number of para-hydroxylation sites is 1. The second-order valence-electron chi connectivity index (χ2n) is 9.23. The van der Waals surface area contributed by atoms with Gasteiger partial charge >= 0.3 is 0 Å². The molecule has 4 aromatic rings. The molecule has 0 atom stereocenters. The highest BCUT2D eigenvalue weighted by Gasteiger charge is 2.39. The van der Waals surface area contributed by atoms with Crippen molar-refractivity contribution in [1.29, 1.82) is 0 Å². The number of aliphatic imine (C=N–C) groups is 1. The summed E-state index contributed by atoms with van der Waals surface area (Å²) in [6.07, 6.45) is 0.735. The number of hydrogen-bond acceptors (Lipinski definition) is 7. The third kappa shape index (κ3) is 5.46. The van der Waals surface area contributed by atoms with Crippen LogP contribution in [0, 0.1) is 0 Å². The number of anilines is 1. The molecule has 0 spiro atoms. The predicted molar refractivity (Wildman–Crippen MR) is 164 cm³/mol.